The van der Waals surface area contributed by atoms with Crippen molar-refractivity contribution in [3.8, 4) is 5.82 Å². The number of carbonyl (C=O) groups excluding carboxylic acids is 1. The minimum Gasteiger partial charge on any atom is -0.352 e. The molecule has 1 N–H and O–H groups in total. The summed E-state index contributed by atoms with van der Waals surface area (Å²) in [5.74, 6) is 0.830. The fourth-order valence-electron chi connectivity index (χ4n) is 2.70. The van der Waals surface area contributed by atoms with Crippen molar-refractivity contribution in [3.63, 3.8) is 0 Å². The zero-order chi connectivity index (χ0) is 17.6. The highest BCUT2D eigenvalue weighted by molar-refractivity contribution is 5.76. The Morgan fingerprint density at radius 3 is 2.52 bits per heavy atom. The maximum Gasteiger partial charge on any atom is 0.220 e. The van der Waals surface area contributed by atoms with E-state index in [1.165, 1.54) is 5.56 Å². The second-order valence-corrected chi connectivity index (χ2v) is 6.13. The molecule has 128 valence electrons. The van der Waals surface area contributed by atoms with Crippen molar-refractivity contribution >= 4 is 5.91 Å². The number of nitrogens with one attached hydrogen (secondary N) is 1. The highest BCUT2D eigenvalue weighted by atomic mass is 16.1. The number of rotatable bonds is 6. The molecule has 2 heterocycles. The van der Waals surface area contributed by atoms with Crippen molar-refractivity contribution < 1.29 is 4.79 Å². The van der Waals surface area contributed by atoms with Gasteiger partial charge in [0.2, 0.25) is 5.91 Å². The first kappa shape index (κ1) is 16.9. The van der Waals surface area contributed by atoms with Gasteiger partial charge in [-0.3, -0.25) is 4.79 Å². The van der Waals surface area contributed by atoms with Crippen LogP contribution in [0.3, 0.4) is 0 Å². The van der Waals surface area contributed by atoms with E-state index >= 15 is 0 Å². The molecular formula is C20H22N4O. The van der Waals surface area contributed by atoms with E-state index in [0.29, 0.717) is 13.0 Å². The maximum atomic E-state index is 12.0. The lowest BCUT2D eigenvalue weighted by Crippen LogP contribution is -2.23. The van der Waals surface area contributed by atoms with Gasteiger partial charge in [-0.1, -0.05) is 36.4 Å². The van der Waals surface area contributed by atoms with Gasteiger partial charge in [-0.25, -0.2) is 9.67 Å². The first-order chi connectivity index (χ1) is 12.1. The van der Waals surface area contributed by atoms with Crippen molar-refractivity contribution in [2.75, 3.05) is 0 Å². The van der Waals surface area contributed by atoms with Crippen LogP contribution in [0.1, 0.15) is 28.9 Å². The van der Waals surface area contributed by atoms with Gasteiger partial charge in [-0.2, -0.15) is 5.10 Å². The average molecular weight is 334 g/mol. The van der Waals surface area contributed by atoms with E-state index in [4.69, 9.17) is 0 Å². The number of pyridine rings is 1. The molecule has 1 aromatic carbocycles. The Kier molecular flexibility index (Phi) is 5.23. The number of hydrogen-bond acceptors (Lipinski definition) is 3. The molecule has 0 spiro atoms. The van der Waals surface area contributed by atoms with Crippen LogP contribution in [0.5, 0.6) is 0 Å². The van der Waals surface area contributed by atoms with Gasteiger partial charge in [0.05, 0.1) is 5.69 Å². The van der Waals surface area contributed by atoms with Crippen LogP contribution in [0.15, 0.2) is 54.7 Å². The Labute approximate surface area is 147 Å². The topological polar surface area (TPSA) is 59.8 Å². The maximum absolute atomic E-state index is 12.0. The first-order valence-corrected chi connectivity index (χ1v) is 8.41. The first-order valence-electron chi connectivity index (χ1n) is 8.41. The molecule has 0 saturated carbocycles. The molecule has 0 saturated heterocycles. The van der Waals surface area contributed by atoms with Gasteiger partial charge in [-0.05, 0) is 43.5 Å². The number of hydrogen-bond donors (Lipinski definition) is 1. The summed E-state index contributed by atoms with van der Waals surface area (Å²) in [4.78, 5) is 16.4. The number of carbonyl (C=O) groups is 1. The molecule has 3 aromatic rings. The summed E-state index contributed by atoms with van der Waals surface area (Å²) in [7, 11) is 0. The van der Waals surface area contributed by atoms with Gasteiger partial charge in [0.1, 0.15) is 0 Å². The lowest BCUT2D eigenvalue weighted by molar-refractivity contribution is -0.121. The van der Waals surface area contributed by atoms with Gasteiger partial charge in [0.25, 0.3) is 0 Å². The lowest BCUT2D eigenvalue weighted by Gasteiger charge is -2.07. The minimum absolute atomic E-state index is 0.0477. The Hall–Kier alpha value is -2.95. The highest BCUT2D eigenvalue weighted by Crippen LogP contribution is 2.10. The number of benzene rings is 1. The van der Waals surface area contributed by atoms with Crippen LogP contribution >= 0.6 is 0 Å². The third-order valence-electron chi connectivity index (χ3n) is 4.01. The van der Waals surface area contributed by atoms with Crippen LogP contribution in [0, 0.1) is 13.8 Å². The number of aryl methyl sites for hydroxylation is 3. The van der Waals surface area contributed by atoms with E-state index in [2.05, 4.69) is 15.4 Å². The van der Waals surface area contributed by atoms with Crippen LogP contribution in [0.4, 0.5) is 0 Å². The summed E-state index contributed by atoms with van der Waals surface area (Å²) in [5, 5.41) is 7.36. The smallest absolute Gasteiger partial charge is 0.220 e. The zero-order valence-electron chi connectivity index (χ0n) is 14.6. The molecule has 5 nitrogen and oxygen atoms in total. The molecule has 5 heteroatoms. The quantitative estimate of drug-likeness (QED) is 0.753. The summed E-state index contributed by atoms with van der Waals surface area (Å²) >= 11 is 0. The van der Waals surface area contributed by atoms with E-state index in [9.17, 15) is 4.79 Å². The monoisotopic (exact) mass is 334 g/mol. The third-order valence-corrected chi connectivity index (χ3v) is 4.01. The normalized spacial score (nSPS) is 10.6. The van der Waals surface area contributed by atoms with Crippen LogP contribution in [-0.2, 0) is 17.8 Å². The molecule has 0 aliphatic rings. The van der Waals surface area contributed by atoms with Crippen molar-refractivity contribution in [2.24, 2.45) is 0 Å². The molecule has 0 fully saturated rings. The molecular weight excluding hydrogens is 312 g/mol. The van der Waals surface area contributed by atoms with Crippen molar-refractivity contribution in [3.05, 3.63) is 77.2 Å². The van der Waals surface area contributed by atoms with Crippen molar-refractivity contribution in [1.82, 2.24) is 20.1 Å². The molecule has 25 heavy (non-hydrogen) atoms. The molecule has 0 aliphatic heterocycles. The molecule has 3 rings (SSSR count). The Morgan fingerprint density at radius 2 is 1.88 bits per heavy atom. The molecule has 0 radical (unpaired) electrons. The third kappa shape index (κ3) is 4.53. The highest BCUT2D eigenvalue weighted by Gasteiger charge is 2.06. The lowest BCUT2D eigenvalue weighted by atomic mass is 10.1. The van der Waals surface area contributed by atoms with E-state index in [1.54, 1.807) is 6.20 Å². The van der Waals surface area contributed by atoms with Crippen molar-refractivity contribution in [2.45, 2.75) is 33.2 Å². The number of aromatic nitrogens is 3. The predicted molar refractivity (Wildman–Crippen MR) is 97.4 cm³/mol. The van der Waals surface area contributed by atoms with Crippen LogP contribution in [0.25, 0.3) is 5.82 Å². The summed E-state index contributed by atoms with van der Waals surface area (Å²) in [6, 6.07) is 15.9. The predicted octanol–water partition coefficient (Wildman–Crippen LogP) is 3.13. The Balaban J connectivity index is 1.51. The molecule has 0 aliphatic carbocycles. The van der Waals surface area contributed by atoms with Crippen LogP contribution in [0.2, 0.25) is 0 Å². The Bertz CT molecular complexity index is 838. The number of amides is 1. The van der Waals surface area contributed by atoms with Crippen molar-refractivity contribution in [1.29, 1.82) is 0 Å². The SMILES string of the molecule is Cc1cc(C)n(-c2ccc(CNC(=O)CCc3ccccc3)cn2)n1. The van der Waals surface area contributed by atoms with Gasteiger partial charge in [0.15, 0.2) is 5.82 Å². The summed E-state index contributed by atoms with van der Waals surface area (Å²) in [5.41, 5.74) is 4.16. The zero-order valence-corrected chi connectivity index (χ0v) is 14.6. The summed E-state index contributed by atoms with van der Waals surface area (Å²) in [6.07, 6.45) is 3.02. The Morgan fingerprint density at radius 1 is 1.08 bits per heavy atom. The van der Waals surface area contributed by atoms with E-state index in [0.717, 1.165) is 29.2 Å². The summed E-state index contributed by atoms with van der Waals surface area (Å²) < 4.78 is 1.82. The van der Waals surface area contributed by atoms with Crippen LogP contribution in [-0.4, -0.2) is 20.7 Å². The van der Waals surface area contributed by atoms with Gasteiger partial charge in [0, 0.05) is 24.9 Å². The molecule has 0 unspecified atom stereocenters. The second-order valence-electron chi connectivity index (χ2n) is 6.13. The van der Waals surface area contributed by atoms with Gasteiger partial charge in [-0.15, -0.1) is 0 Å². The van der Waals surface area contributed by atoms with E-state index < -0.39 is 0 Å². The standard InChI is InChI=1S/C20H22N4O/c1-15-12-16(2)24(23-15)19-10-8-18(13-21-19)14-22-20(25)11-9-17-6-4-3-5-7-17/h3-8,10,12-13H,9,11,14H2,1-2H3,(H,22,25). The largest absolute Gasteiger partial charge is 0.352 e. The average Bonchev–Trinajstić information content (AvgIpc) is 2.98. The van der Waals surface area contributed by atoms with E-state index in [-0.39, 0.29) is 5.91 Å². The molecule has 0 bridgehead atoms. The molecule has 2 aromatic heterocycles. The van der Waals surface area contributed by atoms with Gasteiger partial charge < -0.3 is 5.32 Å². The number of nitrogens with zero attached hydrogens (tertiary/aromatic N) is 3. The molecule has 1 amide bonds. The fraction of sp³-hybridized carbons (Fsp3) is 0.250. The van der Waals surface area contributed by atoms with Crippen LogP contribution < -0.4 is 5.32 Å². The van der Waals surface area contributed by atoms with Gasteiger partial charge >= 0.3 is 0 Å². The van der Waals surface area contributed by atoms with E-state index in [1.807, 2.05) is 67.1 Å². The second kappa shape index (κ2) is 7.75. The minimum atomic E-state index is 0.0477. The fourth-order valence-corrected chi connectivity index (χ4v) is 2.70. The summed E-state index contributed by atoms with van der Waals surface area (Å²) in [6.45, 7) is 4.45. The molecule has 0 atom stereocenters.